The molecular weight excluding hydrogens is 273 g/mol. The lowest BCUT2D eigenvalue weighted by molar-refractivity contribution is 0.0226. The molecule has 5 nitrogen and oxygen atoms in total. The maximum atomic E-state index is 15.1. The molecule has 7 heteroatoms. The van der Waals surface area contributed by atoms with Crippen LogP contribution in [0.1, 0.15) is 18.5 Å². The Hall–Kier alpha value is -0.690. The summed E-state index contributed by atoms with van der Waals surface area (Å²) in [4.78, 5) is 0. The van der Waals surface area contributed by atoms with E-state index < -0.39 is 5.67 Å². The quantitative estimate of drug-likeness (QED) is 0.753. The van der Waals surface area contributed by atoms with Crippen LogP contribution >= 0.6 is 11.6 Å². The number of halogens is 2. The maximum Gasteiger partial charge on any atom is 0.176 e. The van der Waals surface area contributed by atoms with Gasteiger partial charge in [0.25, 0.3) is 0 Å². The maximum absolute atomic E-state index is 15.1. The zero-order chi connectivity index (χ0) is 14.3. The van der Waals surface area contributed by atoms with Crippen LogP contribution in [0.25, 0.3) is 0 Å². The van der Waals surface area contributed by atoms with Crippen LogP contribution in [-0.4, -0.2) is 43.8 Å². The lowest BCUT2D eigenvalue weighted by Crippen LogP contribution is -2.31. The largest absolute Gasteiger partial charge is 0.383 e. The number of nitrogens with zero attached hydrogens (tertiary/aromatic N) is 2. The molecule has 0 radical (unpaired) electrons. The monoisotopic (exact) mass is 293 g/mol. The number of rotatable bonds is 9. The highest BCUT2D eigenvalue weighted by molar-refractivity contribution is 6.31. The average Bonchev–Trinajstić information content (AvgIpc) is 2.76. The van der Waals surface area contributed by atoms with Gasteiger partial charge in [0.15, 0.2) is 5.67 Å². The molecule has 0 amide bonds. The molecule has 1 atom stereocenters. The number of hydrogen-bond acceptors (Lipinski definition) is 4. The van der Waals surface area contributed by atoms with Crippen LogP contribution in [0.3, 0.4) is 0 Å². The third kappa shape index (κ3) is 4.14. The Morgan fingerprint density at radius 3 is 2.79 bits per heavy atom. The number of nitrogens with two attached hydrogens (primary N) is 1. The fraction of sp³-hybridized carbons (Fsp3) is 0.750. The molecule has 0 bridgehead atoms. The smallest absolute Gasteiger partial charge is 0.176 e. The third-order valence-electron chi connectivity index (χ3n) is 2.88. The summed E-state index contributed by atoms with van der Waals surface area (Å²) in [6.45, 7) is 1.21. The van der Waals surface area contributed by atoms with Crippen molar-refractivity contribution in [3.8, 4) is 0 Å². The van der Waals surface area contributed by atoms with Crippen LogP contribution in [0.4, 0.5) is 4.39 Å². The second-order valence-electron chi connectivity index (χ2n) is 4.35. The van der Waals surface area contributed by atoms with Crippen LogP contribution < -0.4 is 5.73 Å². The molecule has 0 spiro atoms. The molecular formula is C12H21ClFN3O2. The summed E-state index contributed by atoms with van der Waals surface area (Å²) in [6.07, 6.45) is 2.24. The SMILES string of the molecule is COCCn1ncc(Cl)c1C(F)(CCCN)COC. The van der Waals surface area contributed by atoms with Crippen LogP contribution in [0.15, 0.2) is 6.20 Å². The van der Waals surface area contributed by atoms with Gasteiger partial charge in [0.05, 0.1) is 36.7 Å². The van der Waals surface area contributed by atoms with Gasteiger partial charge in [-0.2, -0.15) is 5.10 Å². The van der Waals surface area contributed by atoms with Gasteiger partial charge in [0.1, 0.15) is 0 Å². The molecule has 0 aliphatic carbocycles. The normalized spacial score (nSPS) is 14.6. The molecule has 0 saturated carbocycles. The fourth-order valence-corrected chi connectivity index (χ4v) is 2.34. The molecule has 0 aromatic carbocycles. The molecule has 19 heavy (non-hydrogen) atoms. The average molecular weight is 294 g/mol. The van der Waals surface area contributed by atoms with Crippen molar-refractivity contribution in [1.82, 2.24) is 9.78 Å². The first-order valence-electron chi connectivity index (χ1n) is 6.17. The highest BCUT2D eigenvalue weighted by Crippen LogP contribution is 2.36. The van der Waals surface area contributed by atoms with E-state index in [1.165, 1.54) is 18.0 Å². The Morgan fingerprint density at radius 1 is 1.47 bits per heavy atom. The van der Waals surface area contributed by atoms with Crippen molar-refractivity contribution >= 4 is 11.6 Å². The first-order chi connectivity index (χ1) is 9.09. The van der Waals surface area contributed by atoms with E-state index in [0.29, 0.717) is 36.8 Å². The molecule has 2 N–H and O–H groups in total. The summed E-state index contributed by atoms with van der Waals surface area (Å²) in [5, 5.41) is 4.39. The lowest BCUT2D eigenvalue weighted by atomic mass is 9.96. The molecule has 0 saturated heterocycles. The molecule has 1 aromatic rings. The summed E-state index contributed by atoms with van der Waals surface area (Å²) in [5.41, 5.74) is 4.11. The summed E-state index contributed by atoms with van der Waals surface area (Å²) in [7, 11) is 3.04. The Labute approximate surface area is 117 Å². The van der Waals surface area contributed by atoms with Crippen LogP contribution in [0.5, 0.6) is 0 Å². The Bertz CT molecular complexity index is 389. The number of aromatic nitrogens is 2. The van der Waals surface area contributed by atoms with Gasteiger partial charge in [0, 0.05) is 14.2 Å². The zero-order valence-corrected chi connectivity index (χ0v) is 12.1. The standard InChI is InChI=1S/C12H21ClFN3O2/c1-18-7-6-17-11(10(13)8-16-17)12(14,9-19-2)4-3-5-15/h8H,3-7,9,15H2,1-2H3. The molecule has 1 rings (SSSR count). The third-order valence-corrected chi connectivity index (χ3v) is 3.15. The second kappa shape index (κ2) is 7.79. The second-order valence-corrected chi connectivity index (χ2v) is 4.75. The van der Waals surface area contributed by atoms with E-state index in [9.17, 15) is 0 Å². The van der Waals surface area contributed by atoms with Crippen molar-refractivity contribution in [3.63, 3.8) is 0 Å². The summed E-state index contributed by atoms with van der Waals surface area (Å²) in [6, 6.07) is 0. The van der Waals surface area contributed by atoms with E-state index >= 15 is 4.39 Å². The van der Waals surface area contributed by atoms with E-state index in [2.05, 4.69) is 5.10 Å². The summed E-state index contributed by atoms with van der Waals surface area (Å²) < 4.78 is 26.6. The van der Waals surface area contributed by atoms with E-state index in [1.54, 1.807) is 7.11 Å². The van der Waals surface area contributed by atoms with Crippen LogP contribution in [0.2, 0.25) is 5.02 Å². The van der Waals surface area contributed by atoms with Gasteiger partial charge in [-0.1, -0.05) is 11.6 Å². The molecule has 1 heterocycles. The highest BCUT2D eigenvalue weighted by atomic mass is 35.5. The van der Waals surface area contributed by atoms with Crippen LogP contribution in [0, 0.1) is 0 Å². The van der Waals surface area contributed by atoms with Crippen molar-refractivity contribution in [2.45, 2.75) is 25.1 Å². The minimum absolute atomic E-state index is 0.0780. The highest BCUT2D eigenvalue weighted by Gasteiger charge is 2.37. The molecule has 1 unspecified atom stereocenters. The Morgan fingerprint density at radius 2 is 2.21 bits per heavy atom. The van der Waals surface area contributed by atoms with Crippen molar-refractivity contribution in [1.29, 1.82) is 0 Å². The van der Waals surface area contributed by atoms with E-state index in [0.717, 1.165) is 0 Å². The number of ether oxygens (including phenoxy) is 2. The topological polar surface area (TPSA) is 62.3 Å². The lowest BCUT2D eigenvalue weighted by Gasteiger charge is -2.26. The van der Waals surface area contributed by atoms with Gasteiger partial charge in [-0.25, -0.2) is 4.39 Å². The van der Waals surface area contributed by atoms with Gasteiger partial charge in [-0.15, -0.1) is 0 Å². The van der Waals surface area contributed by atoms with Crippen molar-refractivity contribution < 1.29 is 13.9 Å². The Kier molecular flexibility index (Phi) is 6.71. The number of alkyl halides is 1. The van der Waals surface area contributed by atoms with Gasteiger partial charge in [0.2, 0.25) is 0 Å². The fourth-order valence-electron chi connectivity index (χ4n) is 2.03. The van der Waals surface area contributed by atoms with Gasteiger partial charge in [-0.3, -0.25) is 4.68 Å². The molecule has 0 aliphatic rings. The summed E-state index contributed by atoms with van der Waals surface area (Å²) >= 11 is 6.07. The van der Waals surface area contributed by atoms with Crippen molar-refractivity contribution in [2.75, 3.05) is 34.0 Å². The van der Waals surface area contributed by atoms with E-state index in [4.69, 9.17) is 26.8 Å². The zero-order valence-electron chi connectivity index (χ0n) is 11.4. The minimum atomic E-state index is -1.69. The number of methoxy groups -OCH3 is 2. The predicted molar refractivity (Wildman–Crippen MR) is 72.1 cm³/mol. The van der Waals surface area contributed by atoms with E-state index in [-0.39, 0.29) is 13.0 Å². The summed E-state index contributed by atoms with van der Waals surface area (Å²) in [5.74, 6) is 0. The minimum Gasteiger partial charge on any atom is -0.383 e. The molecule has 0 fully saturated rings. The van der Waals surface area contributed by atoms with E-state index in [1.807, 2.05) is 0 Å². The van der Waals surface area contributed by atoms with Gasteiger partial charge in [-0.05, 0) is 19.4 Å². The molecule has 0 aliphatic heterocycles. The molecule has 1 aromatic heterocycles. The van der Waals surface area contributed by atoms with Crippen molar-refractivity contribution in [3.05, 3.63) is 16.9 Å². The predicted octanol–water partition coefficient (Wildman–Crippen LogP) is 1.73. The molecule has 110 valence electrons. The first-order valence-corrected chi connectivity index (χ1v) is 6.55. The van der Waals surface area contributed by atoms with Crippen LogP contribution in [-0.2, 0) is 21.7 Å². The van der Waals surface area contributed by atoms with Gasteiger partial charge >= 0.3 is 0 Å². The first kappa shape index (κ1) is 16.4. The van der Waals surface area contributed by atoms with Crippen molar-refractivity contribution in [2.24, 2.45) is 5.73 Å². The van der Waals surface area contributed by atoms with Gasteiger partial charge < -0.3 is 15.2 Å². The number of hydrogen-bond donors (Lipinski definition) is 1. The Balaban J connectivity index is 3.02.